The monoisotopic (exact) mass is 451 g/mol. The van der Waals surface area contributed by atoms with Crippen molar-refractivity contribution in [1.82, 2.24) is 0 Å². The van der Waals surface area contributed by atoms with Crippen LogP contribution in [0, 0.1) is 10.4 Å². The highest BCUT2D eigenvalue weighted by molar-refractivity contribution is 7.85. The Labute approximate surface area is 183 Å². The molecule has 2 aliphatic heterocycles. The Kier molecular flexibility index (Phi) is 6.18. The number of quaternary nitrogens is 2. The molecule has 0 bridgehead atoms. The van der Waals surface area contributed by atoms with Crippen LogP contribution >= 0.6 is 11.6 Å². The summed E-state index contributed by atoms with van der Waals surface area (Å²) in [7, 11) is -1.27. The van der Waals surface area contributed by atoms with E-state index in [1.54, 1.807) is 12.1 Å². The molecule has 30 heavy (non-hydrogen) atoms. The maximum absolute atomic E-state index is 13.1. The smallest absolute Gasteiger partial charge is 0.129 e. The fraction of sp³-hybridized carbons (Fsp3) is 0.429. The molecular weight excluding hydrogens is 426 g/mol. The molecule has 2 aromatic carbocycles. The average Bonchev–Trinajstić information content (AvgIpc) is 2.73. The molecule has 1 N–H and O–H groups in total. The highest BCUT2D eigenvalue weighted by Gasteiger charge is 2.33. The Hall–Kier alpha value is -1.52. The first-order valence-electron chi connectivity index (χ1n) is 10.2. The fourth-order valence-electron chi connectivity index (χ4n) is 4.28. The molecule has 1 fully saturated rings. The van der Waals surface area contributed by atoms with Crippen LogP contribution in [0.4, 0.5) is 11.4 Å². The van der Waals surface area contributed by atoms with Gasteiger partial charge < -0.3 is 29.7 Å². The number of aliphatic hydroxyl groups is 1. The third-order valence-electron chi connectivity index (χ3n) is 6.05. The molecule has 2 heterocycles. The number of rotatable bonds is 6. The number of hydroxylamine groups is 6. The quantitative estimate of drug-likeness (QED) is 0.539. The third kappa shape index (κ3) is 4.27. The lowest BCUT2D eigenvalue weighted by atomic mass is 10.2. The lowest BCUT2D eigenvalue weighted by molar-refractivity contribution is -0.989. The Morgan fingerprint density at radius 1 is 0.967 bits per heavy atom. The summed E-state index contributed by atoms with van der Waals surface area (Å²) in [6, 6.07) is 13.0. The summed E-state index contributed by atoms with van der Waals surface area (Å²) in [4.78, 5) is 3.57. The van der Waals surface area contributed by atoms with Crippen LogP contribution < -0.4 is 4.90 Å². The number of nitrogens with zero attached hydrogens (tertiary/aromatic N) is 3. The van der Waals surface area contributed by atoms with E-state index in [9.17, 15) is 14.6 Å². The van der Waals surface area contributed by atoms with Crippen LogP contribution in [0.15, 0.2) is 52.3 Å². The van der Waals surface area contributed by atoms with Gasteiger partial charge in [0.25, 0.3) is 0 Å². The average molecular weight is 452 g/mol. The molecule has 7 nitrogen and oxygen atoms in total. The number of para-hydroxylation sites is 1. The highest BCUT2D eigenvalue weighted by Crippen LogP contribution is 2.43. The van der Waals surface area contributed by atoms with Crippen molar-refractivity contribution in [3.8, 4) is 0 Å². The van der Waals surface area contributed by atoms with Crippen LogP contribution in [0.2, 0.25) is 5.02 Å². The molecule has 162 valence electrons. The first-order chi connectivity index (χ1) is 14.3. The van der Waals surface area contributed by atoms with Crippen LogP contribution in [-0.4, -0.2) is 71.0 Å². The van der Waals surface area contributed by atoms with Crippen LogP contribution in [0.25, 0.3) is 0 Å². The molecule has 0 amide bonds. The molecule has 0 radical (unpaired) electrons. The van der Waals surface area contributed by atoms with Gasteiger partial charge in [0.05, 0.1) is 45.1 Å². The molecule has 0 spiro atoms. The normalized spacial score (nSPS) is 28.1. The van der Waals surface area contributed by atoms with Gasteiger partial charge in [-0.1, -0.05) is 23.7 Å². The van der Waals surface area contributed by atoms with E-state index < -0.39 is 15.4 Å². The summed E-state index contributed by atoms with van der Waals surface area (Å²) < 4.78 is 12.1. The number of piperazine rings is 1. The zero-order valence-corrected chi connectivity index (χ0v) is 18.3. The minimum atomic E-state index is -1.27. The highest BCUT2D eigenvalue weighted by atomic mass is 35.5. The molecule has 0 aromatic heterocycles. The van der Waals surface area contributed by atoms with Gasteiger partial charge in [0, 0.05) is 18.0 Å². The fourth-order valence-corrected chi connectivity index (χ4v) is 5.81. The molecule has 0 saturated carbocycles. The lowest BCUT2D eigenvalue weighted by Gasteiger charge is -2.54. The number of hydrogen-bond donors (Lipinski definition) is 1. The van der Waals surface area contributed by atoms with Gasteiger partial charge in [-0.15, -0.1) is 0 Å². The van der Waals surface area contributed by atoms with Gasteiger partial charge in [-0.05, 0) is 30.3 Å². The predicted octanol–water partition coefficient (Wildman–Crippen LogP) is 2.98. The summed E-state index contributed by atoms with van der Waals surface area (Å²) >= 11 is 6.22. The van der Waals surface area contributed by atoms with Crippen molar-refractivity contribution in [2.24, 2.45) is 0 Å². The summed E-state index contributed by atoms with van der Waals surface area (Å²) in [5.74, 6) is 0. The zero-order valence-electron chi connectivity index (χ0n) is 16.7. The first kappa shape index (κ1) is 21.7. The van der Waals surface area contributed by atoms with Crippen molar-refractivity contribution >= 4 is 33.8 Å². The minimum absolute atomic E-state index is 0.152. The molecule has 2 aromatic rings. The van der Waals surface area contributed by atoms with Crippen molar-refractivity contribution in [2.75, 3.05) is 57.3 Å². The number of anilines is 2. The first-order valence-corrected chi connectivity index (χ1v) is 11.7. The van der Waals surface area contributed by atoms with Crippen molar-refractivity contribution in [3.05, 3.63) is 57.9 Å². The maximum Gasteiger partial charge on any atom is 0.129 e. The van der Waals surface area contributed by atoms with Crippen LogP contribution in [0.3, 0.4) is 0 Å². The molecule has 9 heteroatoms. The number of benzene rings is 2. The van der Waals surface area contributed by atoms with E-state index in [0.29, 0.717) is 24.5 Å². The summed E-state index contributed by atoms with van der Waals surface area (Å²) in [6.45, 7) is 2.04. The Morgan fingerprint density at radius 2 is 1.60 bits per heavy atom. The molecule has 1 saturated heterocycles. The molecule has 4 rings (SSSR count). The zero-order chi connectivity index (χ0) is 21.4. The summed E-state index contributed by atoms with van der Waals surface area (Å²) in [5, 5.41) is 35.2. The van der Waals surface area contributed by atoms with Gasteiger partial charge in [0.1, 0.15) is 32.7 Å². The predicted molar refractivity (Wildman–Crippen MR) is 118 cm³/mol. The van der Waals surface area contributed by atoms with E-state index in [-0.39, 0.29) is 44.0 Å². The molecule has 2 aliphatic rings. The lowest BCUT2D eigenvalue weighted by Crippen LogP contribution is -2.63. The van der Waals surface area contributed by atoms with Gasteiger partial charge in [-0.2, -0.15) is 0 Å². The van der Waals surface area contributed by atoms with Gasteiger partial charge in [-0.3, -0.25) is 0 Å². The summed E-state index contributed by atoms with van der Waals surface area (Å²) in [5.41, 5.74) is 1.69. The maximum atomic E-state index is 13.1. The van der Waals surface area contributed by atoms with E-state index in [0.717, 1.165) is 21.2 Å². The largest absolute Gasteiger partial charge is 0.632 e. The van der Waals surface area contributed by atoms with E-state index in [2.05, 4.69) is 4.90 Å². The minimum Gasteiger partial charge on any atom is -0.632 e. The topological polar surface area (TPSA) is 86.7 Å². The van der Waals surface area contributed by atoms with Crippen LogP contribution in [0.5, 0.6) is 0 Å². The number of fused-ring (bicyclic) bond motifs is 2. The van der Waals surface area contributed by atoms with E-state index in [4.69, 9.17) is 16.7 Å². The second kappa shape index (κ2) is 8.55. The van der Waals surface area contributed by atoms with Crippen molar-refractivity contribution < 1.29 is 18.6 Å². The van der Waals surface area contributed by atoms with Gasteiger partial charge in [0.15, 0.2) is 0 Å². The second-order valence-corrected chi connectivity index (χ2v) is 9.89. The molecule has 1 unspecified atom stereocenters. The van der Waals surface area contributed by atoms with E-state index in [1.165, 1.54) is 0 Å². The Bertz CT molecular complexity index is 950. The molecule has 0 aliphatic carbocycles. The second-order valence-electron chi connectivity index (χ2n) is 8.04. The SMILES string of the molecule is O=S1c2ccccc2N(CCC[N+]2([O-])CC[N+]([O-])(CCO)CC2)c2cc(Cl)ccc21. The Morgan fingerprint density at radius 3 is 2.30 bits per heavy atom. The summed E-state index contributed by atoms with van der Waals surface area (Å²) in [6.07, 6.45) is 0.634. The Balaban J connectivity index is 1.49. The molecular formula is C21H26ClN3O4S. The number of hydrogen-bond acceptors (Lipinski definition) is 5. The van der Waals surface area contributed by atoms with Gasteiger partial charge in [-0.25, -0.2) is 4.21 Å². The third-order valence-corrected chi connectivity index (χ3v) is 7.78. The van der Waals surface area contributed by atoms with Crippen molar-refractivity contribution in [2.45, 2.75) is 16.2 Å². The van der Waals surface area contributed by atoms with Crippen LogP contribution in [0.1, 0.15) is 6.42 Å². The van der Waals surface area contributed by atoms with E-state index >= 15 is 0 Å². The van der Waals surface area contributed by atoms with Crippen molar-refractivity contribution in [3.63, 3.8) is 0 Å². The standard InChI is InChI=1S/C21H26ClN3O4S/c22-17-6-7-21-19(16-17)23(18-4-1-2-5-20(18)30(21)29)8-3-9-24(27)10-12-25(28,13-11-24)14-15-26/h1-2,4-7,16,26H,3,8-15H2. The number of aliphatic hydroxyl groups excluding tert-OH is 1. The van der Waals surface area contributed by atoms with Gasteiger partial charge in [0.2, 0.25) is 0 Å². The van der Waals surface area contributed by atoms with Crippen molar-refractivity contribution in [1.29, 1.82) is 0 Å². The number of halogens is 1. The molecule has 1 atom stereocenters. The van der Waals surface area contributed by atoms with Gasteiger partial charge >= 0.3 is 0 Å². The van der Waals surface area contributed by atoms with E-state index in [1.807, 2.05) is 30.3 Å². The van der Waals surface area contributed by atoms with Crippen LogP contribution in [-0.2, 0) is 10.8 Å².